The lowest BCUT2D eigenvalue weighted by molar-refractivity contribution is -0.131. The Morgan fingerprint density at radius 3 is 2.59 bits per heavy atom. The molecule has 1 atom stereocenters. The third-order valence-corrected chi connectivity index (χ3v) is 3.11. The zero-order valence-corrected chi connectivity index (χ0v) is 11.0. The molecule has 1 unspecified atom stereocenters. The summed E-state index contributed by atoms with van der Waals surface area (Å²) in [5.41, 5.74) is 0. The summed E-state index contributed by atoms with van der Waals surface area (Å²) >= 11 is 0. The average molecular weight is 243 g/mol. The molecule has 0 saturated carbocycles. The molecular weight excluding hydrogens is 218 g/mol. The van der Waals surface area contributed by atoms with E-state index in [-0.39, 0.29) is 12.0 Å². The number of likely N-dealkylation sites (N-methyl/N-ethyl adjacent to an activating group) is 1. The van der Waals surface area contributed by atoms with Gasteiger partial charge in [0.2, 0.25) is 5.91 Å². The fourth-order valence-electron chi connectivity index (χ4n) is 1.89. The van der Waals surface area contributed by atoms with E-state index in [1.807, 2.05) is 4.90 Å². The van der Waals surface area contributed by atoms with Gasteiger partial charge in [-0.25, -0.2) is 0 Å². The van der Waals surface area contributed by atoms with Crippen LogP contribution in [0.3, 0.4) is 0 Å². The summed E-state index contributed by atoms with van der Waals surface area (Å²) in [6.45, 7) is 6.61. The maximum atomic E-state index is 11.8. The molecule has 0 spiro atoms. The highest BCUT2D eigenvalue weighted by molar-refractivity contribution is 5.78. The number of rotatable bonds is 6. The van der Waals surface area contributed by atoms with Crippen LogP contribution in [0.25, 0.3) is 0 Å². The highest BCUT2D eigenvalue weighted by Gasteiger charge is 2.18. The summed E-state index contributed by atoms with van der Waals surface area (Å²) in [4.78, 5) is 16.0. The molecule has 5 nitrogen and oxygen atoms in total. The van der Waals surface area contributed by atoms with E-state index >= 15 is 0 Å². The highest BCUT2D eigenvalue weighted by Crippen LogP contribution is 1.99. The fourth-order valence-corrected chi connectivity index (χ4v) is 1.89. The van der Waals surface area contributed by atoms with Gasteiger partial charge in [-0.05, 0) is 33.4 Å². The Hall–Kier alpha value is -0.650. The lowest BCUT2D eigenvalue weighted by atomic mass is 10.2. The minimum absolute atomic E-state index is 0.190. The molecule has 2 N–H and O–H groups in total. The third kappa shape index (κ3) is 6.00. The first-order chi connectivity index (χ1) is 8.09. The lowest BCUT2D eigenvalue weighted by Crippen LogP contribution is -2.49. The summed E-state index contributed by atoms with van der Waals surface area (Å²) in [6, 6.07) is 0. The van der Waals surface area contributed by atoms with Crippen LogP contribution in [0.4, 0.5) is 0 Å². The van der Waals surface area contributed by atoms with Gasteiger partial charge in [0.15, 0.2) is 0 Å². The summed E-state index contributed by atoms with van der Waals surface area (Å²) in [5.74, 6) is 0.190. The molecule has 1 saturated heterocycles. The van der Waals surface area contributed by atoms with Crippen molar-refractivity contribution in [2.24, 2.45) is 0 Å². The Kier molecular flexibility index (Phi) is 6.47. The first-order valence-corrected chi connectivity index (χ1v) is 6.44. The number of piperazine rings is 1. The van der Waals surface area contributed by atoms with Crippen LogP contribution in [0.1, 0.15) is 19.8 Å². The molecule has 1 rings (SSSR count). The Balaban J connectivity index is 2.05. The average Bonchev–Trinajstić information content (AvgIpc) is 2.29. The van der Waals surface area contributed by atoms with Crippen LogP contribution in [-0.4, -0.2) is 73.2 Å². The highest BCUT2D eigenvalue weighted by atomic mass is 16.3. The number of nitrogens with one attached hydrogen (secondary N) is 1. The number of carbonyl (C=O) groups excluding carboxylic acids is 1. The molecule has 0 aromatic heterocycles. The van der Waals surface area contributed by atoms with Gasteiger partial charge in [-0.15, -0.1) is 0 Å². The standard InChI is InChI=1S/C12H25N3O2/c1-11(16)4-3-5-13-10-12(17)15-8-6-14(2)7-9-15/h11,13,16H,3-10H2,1-2H3. The number of amides is 1. The zero-order valence-electron chi connectivity index (χ0n) is 11.0. The molecular formula is C12H25N3O2. The van der Waals surface area contributed by atoms with E-state index in [4.69, 9.17) is 5.11 Å². The topological polar surface area (TPSA) is 55.8 Å². The van der Waals surface area contributed by atoms with Gasteiger partial charge in [-0.1, -0.05) is 0 Å². The van der Waals surface area contributed by atoms with Crippen LogP contribution in [0, 0.1) is 0 Å². The van der Waals surface area contributed by atoms with E-state index in [1.165, 1.54) is 0 Å². The quantitative estimate of drug-likeness (QED) is 0.618. The molecule has 1 heterocycles. The largest absolute Gasteiger partial charge is 0.393 e. The zero-order chi connectivity index (χ0) is 12.7. The van der Waals surface area contributed by atoms with Crippen molar-refractivity contribution in [3.05, 3.63) is 0 Å². The van der Waals surface area contributed by atoms with Crippen LogP contribution in [0.5, 0.6) is 0 Å². The molecule has 17 heavy (non-hydrogen) atoms. The molecule has 0 bridgehead atoms. The van der Waals surface area contributed by atoms with E-state index < -0.39 is 0 Å². The summed E-state index contributed by atoms with van der Waals surface area (Å²) in [5, 5.41) is 12.2. The number of hydrogen-bond acceptors (Lipinski definition) is 4. The van der Waals surface area contributed by atoms with Crippen LogP contribution in [0.15, 0.2) is 0 Å². The van der Waals surface area contributed by atoms with Gasteiger partial charge in [0.25, 0.3) is 0 Å². The van der Waals surface area contributed by atoms with E-state index in [0.717, 1.165) is 45.6 Å². The number of hydrogen-bond donors (Lipinski definition) is 2. The van der Waals surface area contributed by atoms with Crippen molar-refractivity contribution in [2.45, 2.75) is 25.9 Å². The molecule has 1 aliphatic rings. The maximum Gasteiger partial charge on any atom is 0.236 e. The van der Waals surface area contributed by atoms with Gasteiger partial charge in [0, 0.05) is 26.2 Å². The predicted octanol–water partition coefficient (Wildman–Crippen LogP) is -0.489. The first kappa shape index (κ1) is 14.4. The van der Waals surface area contributed by atoms with Crippen molar-refractivity contribution in [3.8, 4) is 0 Å². The van der Waals surface area contributed by atoms with Crippen molar-refractivity contribution in [1.29, 1.82) is 0 Å². The predicted molar refractivity (Wildman–Crippen MR) is 67.9 cm³/mol. The lowest BCUT2D eigenvalue weighted by Gasteiger charge is -2.32. The molecule has 0 aromatic carbocycles. The Bertz CT molecular complexity index is 226. The Labute approximate surface area is 104 Å². The van der Waals surface area contributed by atoms with E-state index in [0.29, 0.717) is 6.54 Å². The SMILES string of the molecule is CC(O)CCCNCC(=O)N1CCN(C)CC1. The second kappa shape index (κ2) is 7.63. The summed E-state index contributed by atoms with van der Waals surface area (Å²) < 4.78 is 0. The Morgan fingerprint density at radius 1 is 1.35 bits per heavy atom. The second-order valence-electron chi connectivity index (χ2n) is 4.85. The monoisotopic (exact) mass is 243 g/mol. The smallest absolute Gasteiger partial charge is 0.236 e. The number of aliphatic hydroxyl groups excluding tert-OH is 1. The number of nitrogens with zero attached hydrogens (tertiary/aromatic N) is 2. The molecule has 1 amide bonds. The minimum atomic E-state index is -0.245. The van der Waals surface area contributed by atoms with Gasteiger partial charge in [0.1, 0.15) is 0 Å². The molecule has 0 aromatic rings. The minimum Gasteiger partial charge on any atom is -0.393 e. The number of aliphatic hydroxyl groups is 1. The van der Waals surface area contributed by atoms with Crippen LogP contribution in [-0.2, 0) is 4.79 Å². The molecule has 5 heteroatoms. The summed E-state index contributed by atoms with van der Waals surface area (Å²) in [7, 11) is 2.08. The second-order valence-corrected chi connectivity index (χ2v) is 4.85. The van der Waals surface area contributed by atoms with Gasteiger partial charge in [0.05, 0.1) is 12.6 Å². The molecule has 100 valence electrons. The molecule has 1 aliphatic heterocycles. The van der Waals surface area contributed by atoms with Crippen LogP contribution in [0.2, 0.25) is 0 Å². The normalized spacial score (nSPS) is 19.4. The number of carbonyl (C=O) groups is 1. The van der Waals surface area contributed by atoms with Gasteiger partial charge >= 0.3 is 0 Å². The van der Waals surface area contributed by atoms with Crippen LogP contribution < -0.4 is 5.32 Å². The molecule has 0 radical (unpaired) electrons. The maximum absolute atomic E-state index is 11.8. The first-order valence-electron chi connectivity index (χ1n) is 6.44. The Morgan fingerprint density at radius 2 is 2.00 bits per heavy atom. The van der Waals surface area contributed by atoms with Crippen molar-refractivity contribution >= 4 is 5.91 Å². The van der Waals surface area contributed by atoms with E-state index in [1.54, 1.807) is 6.92 Å². The van der Waals surface area contributed by atoms with Crippen molar-refractivity contribution in [3.63, 3.8) is 0 Å². The molecule has 1 fully saturated rings. The van der Waals surface area contributed by atoms with Gasteiger partial charge < -0.3 is 20.2 Å². The van der Waals surface area contributed by atoms with E-state index in [9.17, 15) is 4.79 Å². The van der Waals surface area contributed by atoms with Crippen molar-refractivity contribution in [1.82, 2.24) is 15.1 Å². The van der Waals surface area contributed by atoms with E-state index in [2.05, 4.69) is 17.3 Å². The molecule has 0 aliphatic carbocycles. The summed E-state index contributed by atoms with van der Waals surface area (Å²) in [6.07, 6.45) is 1.45. The third-order valence-electron chi connectivity index (χ3n) is 3.11. The van der Waals surface area contributed by atoms with Crippen molar-refractivity contribution < 1.29 is 9.90 Å². The fraction of sp³-hybridized carbons (Fsp3) is 0.917. The van der Waals surface area contributed by atoms with Crippen molar-refractivity contribution in [2.75, 3.05) is 46.3 Å². The van der Waals surface area contributed by atoms with Gasteiger partial charge in [-0.2, -0.15) is 0 Å². The van der Waals surface area contributed by atoms with Gasteiger partial charge in [-0.3, -0.25) is 4.79 Å². The van der Waals surface area contributed by atoms with Crippen LogP contribution >= 0.6 is 0 Å².